The maximum absolute atomic E-state index is 11.5. The fourth-order valence-corrected chi connectivity index (χ4v) is 3.03. The van der Waals surface area contributed by atoms with Crippen molar-refractivity contribution in [3.63, 3.8) is 0 Å². The van der Waals surface area contributed by atoms with Gasteiger partial charge in [0.1, 0.15) is 11.5 Å². The van der Waals surface area contributed by atoms with E-state index in [-0.39, 0.29) is 22.7 Å². The van der Waals surface area contributed by atoms with Gasteiger partial charge in [0.2, 0.25) is 0 Å². The summed E-state index contributed by atoms with van der Waals surface area (Å²) < 4.78 is 11.5. The first-order valence-corrected chi connectivity index (χ1v) is 7.58. The summed E-state index contributed by atoms with van der Waals surface area (Å²) in [4.78, 5) is 18.8. The zero-order chi connectivity index (χ0) is 14.9. The van der Waals surface area contributed by atoms with Gasteiger partial charge in [-0.05, 0) is 35.4 Å². The molecule has 1 unspecified atom stereocenters. The molecule has 5 nitrogen and oxygen atoms in total. The van der Waals surface area contributed by atoms with E-state index in [1.54, 1.807) is 25.1 Å². The van der Waals surface area contributed by atoms with Crippen LogP contribution >= 0.6 is 7.60 Å². The molecule has 0 saturated carbocycles. The van der Waals surface area contributed by atoms with Gasteiger partial charge in [-0.1, -0.05) is 25.1 Å². The molecule has 6 heteroatoms. The molecule has 0 bridgehead atoms. The Bertz CT molecular complexity index is 677. The lowest BCUT2D eigenvalue weighted by Gasteiger charge is -2.18. The second-order valence-electron chi connectivity index (χ2n) is 4.60. The van der Waals surface area contributed by atoms with Gasteiger partial charge in [-0.25, -0.2) is 0 Å². The Labute approximate surface area is 116 Å². The quantitative estimate of drug-likeness (QED) is 0.649. The molecule has 2 aromatic carbocycles. The third-order valence-electron chi connectivity index (χ3n) is 3.16. The van der Waals surface area contributed by atoms with Crippen LogP contribution in [0.5, 0.6) is 11.5 Å². The fraction of sp³-hybridized carbons (Fsp3) is 0.143. The van der Waals surface area contributed by atoms with E-state index in [9.17, 15) is 24.6 Å². The summed E-state index contributed by atoms with van der Waals surface area (Å²) in [5.41, 5.74) is 1.15. The Morgan fingerprint density at radius 2 is 1.65 bits per heavy atom. The van der Waals surface area contributed by atoms with Crippen LogP contribution in [-0.4, -0.2) is 20.0 Å². The van der Waals surface area contributed by atoms with Crippen LogP contribution in [0.25, 0.3) is 0 Å². The number of phenols is 2. The van der Waals surface area contributed by atoms with Gasteiger partial charge in [-0.2, -0.15) is 0 Å². The van der Waals surface area contributed by atoms with E-state index in [0.717, 1.165) is 11.6 Å². The molecule has 0 aliphatic heterocycles. The van der Waals surface area contributed by atoms with Crippen molar-refractivity contribution in [2.45, 2.75) is 12.8 Å². The fourth-order valence-electron chi connectivity index (χ4n) is 2.12. The standard InChI is InChI=1S/C14H15O5P/c1-9(10-3-2-4-11(15)7-10)13-6-5-12(16)8-14(13)20(17,18)19/h2-9,15-16H,1H3,(H2,17,18,19). The number of phenolic OH excluding ortho intramolecular Hbond substituents is 2. The average molecular weight is 294 g/mol. The van der Waals surface area contributed by atoms with Gasteiger partial charge in [0, 0.05) is 5.92 Å². The van der Waals surface area contributed by atoms with Gasteiger partial charge in [-0.3, -0.25) is 4.57 Å². The number of hydrogen-bond donors (Lipinski definition) is 4. The Morgan fingerprint density at radius 3 is 2.25 bits per heavy atom. The molecular weight excluding hydrogens is 279 g/mol. The second kappa shape index (κ2) is 5.29. The molecule has 0 heterocycles. The van der Waals surface area contributed by atoms with E-state index >= 15 is 0 Å². The highest BCUT2D eigenvalue weighted by Gasteiger charge is 2.25. The summed E-state index contributed by atoms with van der Waals surface area (Å²) in [5.74, 6) is -0.439. The van der Waals surface area contributed by atoms with Crippen LogP contribution in [0, 0.1) is 0 Å². The maximum atomic E-state index is 11.5. The highest BCUT2D eigenvalue weighted by atomic mass is 31.2. The van der Waals surface area contributed by atoms with E-state index in [4.69, 9.17) is 0 Å². The Kier molecular flexibility index (Phi) is 3.86. The molecule has 106 valence electrons. The van der Waals surface area contributed by atoms with Gasteiger partial charge in [0.15, 0.2) is 0 Å². The van der Waals surface area contributed by atoms with Crippen molar-refractivity contribution in [3.05, 3.63) is 53.6 Å². The van der Waals surface area contributed by atoms with Gasteiger partial charge >= 0.3 is 7.60 Å². The first-order chi connectivity index (χ1) is 9.29. The molecule has 0 aliphatic carbocycles. The van der Waals surface area contributed by atoms with Crippen LogP contribution in [0.3, 0.4) is 0 Å². The number of hydrogen-bond acceptors (Lipinski definition) is 3. The highest BCUT2D eigenvalue weighted by Crippen LogP contribution is 2.39. The molecular formula is C14H15O5P. The minimum atomic E-state index is -4.49. The Hall–Kier alpha value is -1.81. The molecule has 4 N–H and O–H groups in total. The van der Waals surface area contributed by atoms with Crippen LogP contribution in [-0.2, 0) is 4.57 Å². The molecule has 0 saturated heterocycles. The number of rotatable bonds is 3. The minimum Gasteiger partial charge on any atom is -0.508 e. The van der Waals surface area contributed by atoms with Gasteiger partial charge in [0.05, 0.1) is 5.30 Å². The van der Waals surface area contributed by atoms with E-state index in [2.05, 4.69) is 0 Å². The summed E-state index contributed by atoms with van der Waals surface area (Å²) in [7, 11) is -4.49. The first kappa shape index (κ1) is 14.6. The molecule has 0 spiro atoms. The maximum Gasteiger partial charge on any atom is 0.356 e. The van der Waals surface area contributed by atoms with Crippen molar-refractivity contribution in [2.24, 2.45) is 0 Å². The van der Waals surface area contributed by atoms with Gasteiger partial charge in [-0.15, -0.1) is 0 Å². The van der Waals surface area contributed by atoms with Crippen molar-refractivity contribution >= 4 is 12.9 Å². The van der Waals surface area contributed by atoms with Crippen LogP contribution in [0.2, 0.25) is 0 Å². The molecule has 1 atom stereocenters. The molecule has 0 aromatic heterocycles. The Morgan fingerprint density at radius 1 is 1.00 bits per heavy atom. The second-order valence-corrected chi connectivity index (χ2v) is 6.17. The normalized spacial score (nSPS) is 13.2. The summed E-state index contributed by atoms with van der Waals surface area (Å²) >= 11 is 0. The lowest BCUT2D eigenvalue weighted by atomic mass is 9.93. The van der Waals surface area contributed by atoms with Crippen molar-refractivity contribution < 1.29 is 24.6 Å². The van der Waals surface area contributed by atoms with Crippen LogP contribution in [0.15, 0.2) is 42.5 Å². The number of benzene rings is 2. The molecule has 20 heavy (non-hydrogen) atoms. The summed E-state index contributed by atoms with van der Waals surface area (Å²) in [5, 5.41) is 18.7. The third-order valence-corrected chi connectivity index (χ3v) is 4.18. The smallest absolute Gasteiger partial charge is 0.356 e. The molecule has 0 amide bonds. The van der Waals surface area contributed by atoms with Crippen LogP contribution in [0.4, 0.5) is 0 Å². The van der Waals surface area contributed by atoms with E-state index in [1.807, 2.05) is 0 Å². The van der Waals surface area contributed by atoms with Crippen LogP contribution < -0.4 is 5.30 Å². The summed E-state index contributed by atoms with van der Waals surface area (Å²) in [6, 6.07) is 10.4. The van der Waals surface area contributed by atoms with Crippen molar-refractivity contribution in [3.8, 4) is 11.5 Å². The van der Waals surface area contributed by atoms with E-state index in [0.29, 0.717) is 5.56 Å². The van der Waals surface area contributed by atoms with Crippen LogP contribution in [0.1, 0.15) is 24.0 Å². The lowest BCUT2D eigenvalue weighted by Crippen LogP contribution is -2.14. The molecule has 0 fully saturated rings. The minimum absolute atomic E-state index is 0.0888. The summed E-state index contributed by atoms with van der Waals surface area (Å²) in [6.07, 6.45) is 0. The summed E-state index contributed by atoms with van der Waals surface area (Å²) in [6.45, 7) is 1.78. The zero-order valence-corrected chi connectivity index (χ0v) is 11.7. The van der Waals surface area contributed by atoms with E-state index in [1.165, 1.54) is 18.2 Å². The molecule has 0 aliphatic rings. The third kappa shape index (κ3) is 3.02. The monoisotopic (exact) mass is 294 g/mol. The largest absolute Gasteiger partial charge is 0.508 e. The first-order valence-electron chi connectivity index (χ1n) is 5.97. The lowest BCUT2D eigenvalue weighted by molar-refractivity contribution is 0.386. The Balaban J connectivity index is 2.55. The number of aromatic hydroxyl groups is 2. The van der Waals surface area contributed by atoms with Crippen molar-refractivity contribution in [1.82, 2.24) is 0 Å². The predicted octanol–water partition coefficient (Wildman–Crippen LogP) is 2.05. The van der Waals surface area contributed by atoms with Gasteiger partial charge in [0.25, 0.3) is 0 Å². The molecule has 0 radical (unpaired) electrons. The van der Waals surface area contributed by atoms with Gasteiger partial charge < -0.3 is 20.0 Å². The highest BCUT2D eigenvalue weighted by molar-refractivity contribution is 7.60. The molecule has 2 aromatic rings. The molecule has 2 rings (SSSR count). The zero-order valence-electron chi connectivity index (χ0n) is 10.8. The van der Waals surface area contributed by atoms with E-state index < -0.39 is 7.60 Å². The van der Waals surface area contributed by atoms with Crippen molar-refractivity contribution in [2.75, 3.05) is 0 Å². The topological polar surface area (TPSA) is 98.0 Å². The predicted molar refractivity (Wildman–Crippen MR) is 75.4 cm³/mol. The average Bonchev–Trinajstić information content (AvgIpc) is 2.37. The SMILES string of the molecule is CC(c1cccc(O)c1)c1ccc(O)cc1P(=O)(O)O. The van der Waals surface area contributed by atoms with Crippen molar-refractivity contribution in [1.29, 1.82) is 0 Å².